The summed E-state index contributed by atoms with van der Waals surface area (Å²) in [7, 11) is 0. The summed E-state index contributed by atoms with van der Waals surface area (Å²) in [6.07, 6.45) is 8.55. The summed E-state index contributed by atoms with van der Waals surface area (Å²) in [6, 6.07) is 0. The minimum Gasteiger partial charge on any atom is -0.391 e. The van der Waals surface area contributed by atoms with Crippen molar-refractivity contribution >= 4 is 23.1 Å². The lowest BCUT2D eigenvalue weighted by atomic mass is 9.71. The van der Waals surface area contributed by atoms with Gasteiger partial charge in [0.25, 0.3) is 0 Å². The first-order chi connectivity index (χ1) is 11.6. The van der Waals surface area contributed by atoms with Gasteiger partial charge in [0.15, 0.2) is 5.15 Å². The van der Waals surface area contributed by atoms with Crippen molar-refractivity contribution in [3.8, 4) is 0 Å². The van der Waals surface area contributed by atoms with E-state index in [1.54, 1.807) is 10.7 Å². The third-order valence-electron chi connectivity index (χ3n) is 5.21. The lowest BCUT2D eigenvalue weighted by molar-refractivity contribution is -0.00535. The molecule has 1 atom stereocenters. The molecule has 1 saturated heterocycles. The second-order valence-corrected chi connectivity index (χ2v) is 7.51. The monoisotopic (exact) mass is 351 g/mol. The van der Waals surface area contributed by atoms with E-state index in [1.807, 2.05) is 0 Å². The fourth-order valence-corrected chi connectivity index (χ4v) is 3.84. The van der Waals surface area contributed by atoms with Crippen LogP contribution < -0.4 is 5.73 Å². The summed E-state index contributed by atoms with van der Waals surface area (Å²) in [5.74, 6) is 1.68. The van der Waals surface area contributed by atoms with Gasteiger partial charge in [0, 0.05) is 12.5 Å². The quantitative estimate of drug-likeness (QED) is 0.817. The van der Waals surface area contributed by atoms with Crippen molar-refractivity contribution in [2.75, 3.05) is 18.9 Å². The van der Waals surface area contributed by atoms with Crippen LogP contribution in [0.1, 0.15) is 50.3 Å². The van der Waals surface area contributed by atoms with Crippen LogP contribution in [0, 0.1) is 5.41 Å². The Morgan fingerprint density at radius 2 is 2.17 bits per heavy atom. The molecular formula is C16H22ClN5O2. The molecule has 1 unspecified atom stereocenters. The molecule has 2 saturated carbocycles. The van der Waals surface area contributed by atoms with Crippen LogP contribution in [0.25, 0.3) is 5.52 Å². The van der Waals surface area contributed by atoms with Gasteiger partial charge >= 0.3 is 0 Å². The van der Waals surface area contributed by atoms with Crippen molar-refractivity contribution < 1.29 is 9.84 Å². The highest BCUT2D eigenvalue weighted by atomic mass is 35.5. The first kappa shape index (κ1) is 16.1. The molecule has 3 aliphatic rings. The van der Waals surface area contributed by atoms with Gasteiger partial charge in [0.2, 0.25) is 5.95 Å². The van der Waals surface area contributed by atoms with Gasteiger partial charge in [-0.1, -0.05) is 11.6 Å². The van der Waals surface area contributed by atoms with Crippen LogP contribution in [0.15, 0.2) is 6.20 Å². The Hall–Kier alpha value is -1.44. The maximum absolute atomic E-state index is 8.78. The molecule has 0 radical (unpaired) electrons. The summed E-state index contributed by atoms with van der Waals surface area (Å²) in [5.41, 5.74) is 7.00. The predicted molar refractivity (Wildman–Crippen MR) is 89.9 cm³/mol. The molecule has 0 amide bonds. The van der Waals surface area contributed by atoms with Gasteiger partial charge in [0.1, 0.15) is 11.3 Å². The van der Waals surface area contributed by atoms with Gasteiger partial charge in [-0.25, -0.2) is 14.5 Å². The average molecular weight is 352 g/mol. The van der Waals surface area contributed by atoms with Gasteiger partial charge < -0.3 is 15.6 Å². The second kappa shape index (κ2) is 6.13. The number of hydrogen-bond donors (Lipinski definition) is 2. The minimum atomic E-state index is -0.186. The standard InChI is InChI=1S/C11H12ClN5.C5H10O2/c12-8-7-5-14-10(13)16-17(7)9(15-8)6-3-11(4-6)1-2-11;6-5-2-1-3-7-4-5/h5-6H,1-4H2,(H2,13,16);5-6H,1-4H2. The van der Waals surface area contributed by atoms with Crippen LogP contribution >= 0.6 is 11.6 Å². The number of nitrogen functional groups attached to an aromatic ring is 1. The molecule has 0 aromatic carbocycles. The molecule has 2 aromatic heterocycles. The maximum Gasteiger partial charge on any atom is 0.238 e. The molecule has 5 rings (SSSR count). The molecule has 8 heteroatoms. The van der Waals surface area contributed by atoms with E-state index >= 15 is 0 Å². The van der Waals surface area contributed by atoms with E-state index in [0.717, 1.165) is 30.8 Å². The molecule has 3 fully saturated rings. The zero-order valence-corrected chi connectivity index (χ0v) is 14.2. The molecule has 3 N–H and O–H groups in total. The van der Waals surface area contributed by atoms with E-state index in [9.17, 15) is 0 Å². The summed E-state index contributed by atoms with van der Waals surface area (Å²) in [5, 5.41) is 13.5. The molecule has 0 bridgehead atoms. The van der Waals surface area contributed by atoms with Crippen molar-refractivity contribution in [2.45, 2.75) is 50.5 Å². The maximum atomic E-state index is 8.78. The number of aliphatic hydroxyl groups is 1. The van der Waals surface area contributed by atoms with Crippen molar-refractivity contribution in [1.29, 1.82) is 0 Å². The SMILES string of the molecule is Nc1ncc2c(Cl)nc(C3CC4(CC4)C3)n2n1.OC1CCCOC1. The Balaban J connectivity index is 0.000000177. The number of aliphatic hydroxyl groups excluding tert-OH is 1. The lowest BCUT2D eigenvalue weighted by Crippen LogP contribution is -2.25. The van der Waals surface area contributed by atoms with Gasteiger partial charge in [-0.3, -0.25) is 0 Å². The number of halogens is 1. The van der Waals surface area contributed by atoms with Crippen LogP contribution in [-0.2, 0) is 4.74 Å². The Bertz CT molecular complexity index is 731. The van der Waals surface area contributed by atoms with Gasteiger partial charge in [-0.15, -0.1) is 5.10 Å². The van der Waals surface area contributed by atoms with E-state index in [0.29, 0.717) is 23.1 Å². The summed E-state index contributed by atoms with van der Waals surface area (Å²) in [4.78, 5) is 8.36. The molecule has 1 spiro atoms. The first-order valence-electron chi connectivity index (χ1n) is 8.49. The number of fused-ring (bicyclic) bond motifs is 1. The van der Waals surface area contributed by atoms with Crippen LogP contribution in [0.3, 0.4) is 0 Å². The average Bonchev–Trinajstić information content (AvgIpc) is 3.28. The van der Waals surface area contributed by atoms with Crippen LogP contribution in [0.2, 0.25) is 5.15 Å². The Morgan fingerprint density at radius 3 is 2.75 bits per heavy atom. The smallest absolute Gasteiger partial charge is 0.238 e. The number of imidazole rings is 1. The fraction of sp³-hybridized carbons (Fsp3) is 0.688. The highest BCUT2D eigenvalue weighted by Gasteiger charge is 2.54. The molecule has 7 nitrogen and oxygen atoms in total. The number of aromatic nitrogens is 4. The van der Waals surface area contributed by atoms with E-state index in [4.69, 9.17) is 27.2 Å². The first-order valence-corrected chi connectivity index (χ1v) is 8.87. The molecule has 2 aliphatic carbocycles. The summed E-state index contributed by atoms with van der Waals surface area (Å²) >= 11 is 6.09. The van der Waals surface area contributed by atoms with Crippen molar-refractivity contribution in [1.82, 2.24) is 19.6 Å². The zero-order valence-electron chi connectivity index (χ0n) is 13.5. The number of nitrogens with two attached hydrogens (primary N) is 1. The van der Waals surface area contributed by atoms with Crippen molar-refractivity contribution in [3.63, 3.8) is 0 Å². The van der Waals surface area contributed by atoms with Gasteiger partial charge in [-0.2, -0.15) is 0 Å². The van der Waals surface area contributed by atoms with Crippen LogP contribution in [0.5, 0.6) is 0 Å². The van der Waals surface area contributed by atoms with Crippen LogP contribution in [-0.4, -0.2) is 44.0 Å². The largest absolute Gasteiger partial charge is 0.391 e. The van der Waals surface area contributed by atoms with E-state index in [2.05, 4.69) is 15.1 Å². The normalized spacial score (nSPS) is 25.2. The number of rotatable bonds is 1. The van der Waals surface area contributed by atoms with Gasteiger partial charge in [0.05, 0.1) is 18.9 Å². The third-order valence-corrected chi connectivity index (χ3v) is 5.49. The van der Waals surface area contributed by atoms with Crippen molar-refractivity contribution in [2.24, 2.45) is 5.41 Å². The highest BCUT2D eigenvalue weighted by molar-refractivity contribution is 6.32. The fourth-order valence-electron chi connectivity index (χ4n) is 3.63. The molecule has 130 valence electrons. The lowest BCUT2D eigenvalue weighted by Gasteiger charge is -2.34. The third kappa shape index (κ3) is 3.08. The van der Waals surface area contributed by atoms with Crippen LogP contribution in [0.4, 0.5) is 5.95 Å². The highest BCUT2D eigenvalue weighted by Crippen LogP contribution is 2.66. The summed E-state index contributed by atoms with van der Waals surface area (Å²) in [6.45, 7) is 1.37. The number of anilines is 1. The number of ether oxygens (including phenoxy) is 1. The molecule has 3 heterocycles. The Labute approximate surface area is 145 Å². The topological polar surface area (TPSA) is 98.6 Å². The molecule has 1 aliphatic heterocycles. The second-order valence-electron chi connectivity index (χ2n) is 7.15. The number of nitrogens with zero attached hydrogens (tertiary/aromatic N) is 4. The molecule has 24 heavy (non-hydrogen) atoms. The molecular weight excluding hydrogens is 330 g/mol. The Morgan fingerprint density at radius 1 is 1.38 bits per heavy atom. The predicted octanol–water partition coefficient (Wildman–Crippen LogP) is 2.18. The Kier molecular flexibility index (Phi) is 4.10. The summed E-state index contributed by atoms with van der Waals surface area (Å²) < 4.78 is 6.69. The zero-order chi connectivity index (χ0) is 16.7. The van der Waals surface area contributed by atoms with E-state index < -0.39 is 0 Å². The van der Waals surface area contributed by atoms with Crippen molar-refractivity contribution in [3.05, 3.63) is 17.2 Å². The van der Waals surface area contributed by atoms with Gasteiger partial charge in [-0.05, 0) is 43.9 Å². The van der Waals surface area contributed by atoms with E-state index in [1.165, 1.54) is 25.7 Å². The number of hydrogen-bond acceptors (Lipinski definition) is 6. The minimum absolute atomic E-state index is 0.186. The van der Waals surface area contributed by atoms with E-state index in [-0.39, 0.29) is 12.1 Å². The molecule has 2 aromatic rings.